The maximum atomic E-state index is 12.7. The number of amides is 3. The average Bonchev–Trinajstić information content (AvgIpc) is 2.83. The van der Waals surface area contributed by atoms with E-state index in [4.69, 9.17) is 5.73 Å². The summed E-state index contributed by atoms with van der Waals surface area (Å²) in [6.45, 7) is 3.47. The summed E-state index contributed by atoms with van der Waals surface area (Å²) in [4.78, 5) is 39.5. The summed E-state index contributed by atoms with van der Waals surface area (Å²) in [5.74, 6) is -0.550. The minimum absolute atomic E-state index is 0.116. The molecule has 2 aliphatic rings. The van der Waals surface area contributed by atoms with Crippen LogP contribution in [0.5, 0.6) is 0 Å². The lowest BCUT2D eigenvalue weighted by Crippen LogP contribution is -3.30. The van der Waals surface area contributed by atoms with Gasteiger partial charge in [0.2, 0.25) is 5.91 Å². The molecular formula is C16H22N4O3+2. The molecular weight excluding hydrogens is 296 g/mol. The van der Waals surface area contributed by atoms with Gasteiger partial charge in [-0.3, -0.25) is 14.4 Å². The maximum absolute atomic E-state index is 12.7. The van der Waals surface area contributed by atoms with Gasteiger partial charge in [-0.25, -0.2) is 4.90 Å². The van der Waals surface area contributed by atoms with Crippen molar-refractivity contribution in [1.82, 2.24) is 0 Å². The van der Waals surface area contributed by atoms with E-state index < -0.39 is 0 Å². The second kappa shape index (κ2) is 6.47. The van der Waals surface area contributed by atoms with Crippen LogP contribution in [0, 0.1) is 0 Å². The van der Waals surface area contributed by atoms with Crippen molar-refractivity contribution in [2.24, 2.45) is 5.73 Å². The highest BCUT2D eigenvalue weighted by atomic mass is 16.2. The molecule has 2 fully saturated rings. The highest BCUT2D eigenvalue weighted by molar-refractivity contribution is 6.21. The fourth-order valence-corrected chi connectivity index (χ4v) is 3.50. The third kappa shape index (κ3) is 3.25. The fraction of sp³-hybridized carbons (Fsp3) is 0.438. The quantitative estimate of drug-likeness (QED) is 0.505. The van der Waals surface area contributed by atoms with Crippen molar-refractivity contribution in [3.05, 3.63) is 30.3 Å². The molecule has 0 radical (unpaired) electrons. The van der Waals surface area contributed by atoms with E-state index >= 15 is 0 Å². The number of para-hydroxylation sites is 1. The number of rotatable bonds is 4. The summed E-state index contributed by atoms with van der Waals surface area (Å²) >= 11 is 0. The number of nitrogens with zero attached hydrogens (tertiary/aromatic N) is 1. The number of anilines is 1. The maximum Gasteiger partial charge on any atom is 0.292 e. The zero-order chi connectivity index (χ0) is 16.4. The van der Waals surface area contributed by atoms with Gasteiger partial charge >= 0.3 is 0 Å². The SMILES string of the molecule is NC(=O)C[NH+]1CC[NH+]([C@@H]2CC(=O)N(c3ccccc3)C2=O)CC1. The molecule has 122 valence electrons. The minimum Gasteiger partial charge on any atom is -0.365 e. The number of nitrogens with one attached hydrogen (secondary N) is 2. The van der Waals surface area contributed by atoms with Gasteiger partial charge in [-0.15, -0.1) is 0 Å². The Kier molecular flexibility index (Phi) is 4.40. The Bertz CT molecular complexity index is 611. The lowest BCUT2D eigenvalue weighted by molar-refractivity contribution is -1.02. The molecule has 7 heteroatoms. The Hall–Kier alpha value is -2.25. The fourth-order valence-electron chi connectivity index (χ4n) is 3.50. The molecule has 4 N–H and O–H groups in total. The van der Waals surface area contributed by atoms with E-state index in [0.717, 1.165) is 36.0 Å². The molecule has 2 saturated heterocycles. The zero-order valence-corrected chi connectivity index (χ0v) is 13.0. The summed E-state index contributed by atoms with van der Waals surface area (Å²) in [6, 6.07) is 8.75. The van der Waals surface area contributed by atoms with E-state index in [1.807, 2.05) is 18.2 Å². The molecule has 0 saturated carbocycles. The topological polar surface area (TPSA) is 89.3 Å². The predicted octanol–water partition coefficient (Wildman–Crippen LogP) is -3.41. The second-order valence-corrected chi connectivity index (χ2v) is 6.21. The summed E-state index contributed by atoms with van der Waals surface area (Å²) in [5.41, 5.74) is 5.87. The smallest absolute Gasteiger partial charge is 0.292 e. The van der Waals surface area contributed by atoms with Crippen LogP contribution in [0.3, 0.4) is 0 Å². The van der Waals surface area contributed by atoms with Crippen molar-refractivity contribution in [3.8, 4) is 0 Å². The number of carbonyl (C=O) groups excluding carboxylic acids is 3. The van der Waals surface area contributed by atoms with Gasteiger partial charge in [-0.05, 0) is 12.1 Å². The minimum atomic E-state index is -0.308. The number of primary amides is 1. The Morgan fingerprint density at radius 2 is 1.78 bits per heavy atom. The first-order valence-corrected chi connectivity index (χ1v) is 7.94. The van der Waals surface area contributed by atoms with Crippen molar-refractivity contribution < 1.29 is 24.2 Å². The van der Waals surface area contributed by atoms with Crippen LogP contribution < -0.4 is 20.4 Å². The lowest BCUT2D eigenvalue weighted by Gasteiger charge is -2.31. The van der Waals surface area contributed by atoms with E-state index in [2.05, 4.69) is 0 Å². The molecule has 3 rings (SSSR count). The number of piperazine rings is 1. The zero-order valence-electron chi connectivity index (χ0n) is 13.0. The van der Waals surface area contributed by atoms with Gasteiger partial charge in [0.15, 0.2) is 12.6 Å². The van der Waals surface area contributed by atoms with E-state index in [-0.39, 0.29) is 30.2 Å². The van der Waals surface area contributed by atoms with Crippen LogP contribution in [0.25, 0.3) is 0 Å². The van der Waals surface area contributed by atoms with Gasteiger partial charge in [0.1, 0.15) is 26.2 Å². The van der Waals surface area contributed by atoms with Crippen LogP contribution >= 0.6 is 0 Å². The monoisotopic (exact) mass is 318 g/mol. The number of hydrogen-bond acceptors (Lipinski definition) is 3. The van der Waals surface area contributed by atoms with Crippen LogP contribution in [-0.4, -0.2) is 56.5 Å². The molecule has 2 aliphatic heterocycles. The number of nitrogens with two attached hydrogens (primary N) is 1. The van der Waals surface area contributed by atoms with E-state index in [0.29, 0.717) is 12.2 Å². The van der Waals surface area contributed by atoms with E-state index in [1.165, 1.54) is 4.90 Å². The van der Waals surface area contributed by atoms with Crippen molar-refractivity contribution in [1.29, 1.82) is 0 Å². The summed E-state index contributed by atoms with van der Waals surface area (Å²) in [5, 5.41) is 0. The van der Waals surface area contributed by atoms with Gasteiger partial charge in [0.25, 0.3) is 11.8 Å². The van der Waals surface area contributed by atoms with Gasteiger partial charge in [-0.1, -0.05) is 18.2 Å². The van der Waals surface area contributed by atoms with Crippen molar-refractivity contribution in [3.63, 3.8) is 0 Å². The van der Waals surface area contributed by atoms with Gasteiger partial charge in [-0.2, -0.15) is 0 Å². The van der Waals surface area contributed by atoms with Gasteiger partial charge < -0.3 is 15.5 Å². The molecule has 23 heavy (non-hydrogen) atoms. The molecule has 0 bridgehead atoms. The molecule has 1 aromatic rings. The first-order chi connectivity index (χ1) is 11.1. The number of carbonyl (C=O) groups is 3. The van der Waals surface area contributed by atoms with Crippen LogP contribution in [0.1, 0.15) is 6.42 Å². The summed E-state index contributed by atoms with van der Waals surface area (Å²) in [6.07, 6.45) is 0.258. The second-order valence-electron chi connectivity index (χ2n) is 6.21. The molecule has 0 aromatic heterocycles. The van der Waals surface area contributed by atoms with Gasteiger partial charge in [0.05, 0.1) is 12.1 Å². The Balaban J connectivity index is 1.65. The first-order valence-electron chi connectivity index (χ1n) is 7.94. The van der Waals surface area contributed by atoms with Crippen LogP contribution in [-0.2, 0) is 14.4 Å². The van der Waals surface area contributed by atoms with Crippen LogP contribution in [0.4, 0.5) is 5.69 Å². The van der Waals surface area contributed by atoms with E-state index in [9.17, 15) is 14.4 Å². The van der Waals surface area contributed by atoms with Crippen LogP contribution in [0.15, 0.2) is 30.3 Å². The molecule has 3 amide bonds. The normalized spacial score (nSPS) is 28.2. The number of imide groups is 1. The Labute approximate surface area is 134 Å². The third-order valence-corrected chi connectivity index (χ3v) is 4.68. The lowest BCUT2D eigenvalue weighted by atomic mass is 10.1. The van der Waals surface area contributed by atoms with E-state index in [1.54, 1.807) is 12.1 Å². The first kappa shape index (κ1) is 15.6. The predicted molar refractivity (Wildman–Crippen MR) is 82.8 cm³/mol. The van der Waals surface area contributed by atoms with Crippen molar-refractivity contribution >= 4 is 23.4 Å². The molecule has 7 nitrogen and oxygen atoms in total. The third-order valence-electron chi connectivity index (χ3n) is 4.68. The average molecular weight is 318 g/mol. The van der Waals surface area contributed by atoms with Crippen molar-refractivity contribution in [2.45, 2.75) is 12.5 Å². The number of hydrogen-bond donors (Lipinski definition) is 3. The van der Waals surface area contributed by atoms with Crippen LogP contribution in [0.2, 0.25) is 0 Å². The molecule has 1 atom stereocenters. The Morgan fingerprint density at radius 1 is 1.13 bits per heavy atom. The molecule has 2 heterocycles. The van der Waals surface area contributed by atoms with Crippen molar-refractivity contribution in [2.75, 3.05) is 37.6 Å². The number of quaternary nitrogens is 2. The molecule has 0 spiro atoms. The Morgan fingerprint density at radius 3 is 2.39 bits per heavy atom. The number of benzene rings is 1. The summed E-state index contributed by atoms with van der Waals surface area (Å²) in [7, 11) is 0. The molecule has 0 aliphatic carbocycles. The summed E-state index contributed by atoms with van der Waals surface area (Å²) < 4.78 is 0. The molecule has 1 aromatic carbocycles. The van der Waals surface area contributed by atoms with Gasteiger partial charge in [0, 0.05) is 0 Å². The standard InChI is InChI=1S/C16H20N4O3/c17-14(21)11-18-6-8-19(9-7-18)13-10-15(22)20(16(13)23)12-4-2-1-3-5-12/h1-5,13H,6-11H2,(H2,17,21)/p+2/t13-/m1/s1. The highest BCUT2D eigenvalue weighted by Crippen LogP contribution is 2.21. The molecule has 0 unspecified atom stereocenters. The highest BCUT2D eigenvalue weighted by Gasteiger charge is 2.46. The largest absolute Gasteiger partial charge is 0.365 e.